The van der Waals surface area contributed by atoms with Crippen LogP contribution in [0.2, 0.25) is 0 Å². The van der Waals surface area contributed by atoms with Gasteiger partial charge in [-0.25, -0.2) is 0 Å². The van der Waals surface area contributed by atoms with E-state index >= 15 is 0 Å². The molecule has 40 heavy (non-hydrogen) atoms. The summed E-state index contributed by atoms with van der Waals surface area (Å²) in [6, 6.07) is 43.3. The highest BCUT2D eigenvalue weighted by Crippen LogP contribution is 2.32. The fraction of sp³-hybridized carbons (Fsp3) is 0.167. The molecule has 0 bridgehead atoms. The lowest BCUT2D eigenvalue weighted by Gasteiger charge is -2.25. The van der Waals surface area contributed by atoms with Gasteiger partial charge in [-0.05, 0) is 111 Å². The first-order valence-corrected chi connectivity index (χ1v) is 13.7. The molecule has 0 fully saturated rings. The molecule has 0 unspecified atom stereocenters. The van der Waals surface area contributed by atoms with Crippen molar-refractivity contribution < 1.29 is 0 Å². The van der Waals surface area contributed by atoms with Gasteiger partial charge in [-0.1, -0.05) is 35.4 Å². The van der Waals surface area contributed by atoms with E-state index < -0.39 is 0 Å². The number of rotatable bonds is 8. The normalized spacial score (nSPS) is 10.8. The monoisotopic (exact) mass is 526 g/mol. The van der Waals surface area contributed by atoms with Crippen LogP contribution in [-0.2, 0) is 0 Å². The van der Waals surface area contributed by atoms with E-state index in [9.17, 15) is 0 Å². The average molecular weight is 527 g/mol. The van der Waals surface area contributed by atoms with Gasteiger partial charge in [0.25, 0.3) is 0 Å². The summed E-state index contributed by atoms with van der Waals surface area (Å²) >= 11 is 0. The first-order chi connectivity index (χ1) is 19.3. The second kappa shape index (κ2) is 11.6. The van der Waals surface area contributed by atoms with Crippen molar-refractivity contribution in [1.29, 1.82) is 0 Å². The van der Waals surface area contributed by atoms with Gasteiger partial charge in [0, 0.05) is 73.7 Å². The number of nitrogens with zero attached hydrogens (tertiary/aromatic N) is 4. The van der Waals surface area contributed by atoms with E-state index in [-0.39, 0.29) is 0 Å². The van der Waals surface area contributed by atoms with Crippen LogP contribution in [0.3, 0.4) is 0 Å². The Bertz CT molecular complexity index is 1400. The number of hydrogen-bond acceptors (Lipinski definition) is 4. The van der Waals surface area contributed by atoms with E-state index in [2.05, 4.69) is 183 Å². The third-order valence-corrected chi connectivity index (χ3v) is 7.72. The summed E-state index contributed by atoms with van der Waals surface area (Å²) in [6.45, 7) is 4.23. The van der Waals surface area contributed by atoms with Crippen LogP contribution in [0, 0.1) is 13.8 Å². The molecule has 0 aromatic heterocycles. The molecule has 0 aliphatic heterocycles. The Balaban J connectivity index is 1.24. The van der Waals surface area contributed by atoms with E-state index in [0.29, 0.717) is 0 Å². The molecule has 0 spiro atoms. The molecule has 4 heteroatoms. The standard InChI is InChI=1S/C36H38N4/c1-27-7-11-29(12-8-27)37(3)31-15-19-33(20-16-31)39(5)35-23-25-36(26-24-35)40(6)34-21-17-32(18-22-34)38(4)30-13-9-28(2)10-14-30/h7-26H,1-6H3. The van der Waals surface area contributed by atoms with Crippen molar-refractivity contribution in [2.45, 2.75) is 13.8 Å². The highest BCUT2D eigenvalue weighted by Gasteiger charge is 2.10. The van der Waals surface area contributed by atoms with Gasteiger partial charge in [0.1, 0.15) is 0 Å². The Hall–Kier alpha value is -4.70. The average Bonchev–Trinajstić information content (AvgIpc) is 3.00. The molecule has 0 radical (unpaired) electrons. The minimum absolute atomic E-state index is 1.15. The zero-order chi connectivity index (χ0) is 28.2. The lowest BCUT2D eigenvalue weighted by Crippen LogP contribution is -2.13. The zero-order valence-electron chi connectivity index (χ0n) is 24.3. The maximum atomic E-state index is 2.22. The molecule has 0 saturated carbocycles. The third kappa shape index (κ3) is 5.81. The molecule has 5 aromatic carbocycles. The molecular formula is C36H38N4. The fourth-order valence-electron chi connectivity index (χ4n) is 4.83. The van der Waals surface area contributed by atoms with Crippen LogP contribution in [0.15, 0.2) is 121 Å². The summed E-state index contributed by atoms with van der Waals surface area (Å²) in [5.74, 6) is 0. The van der Waals surface area contributed by atoms with Gasteiger partial charge in [0.05, 0.1) is 0 Å². The number of hydrogen-bond donors (Lipinski definition) is 0. The summed E-state index contributed by atoms with van der Waals surface area (Å²) in [5, 5.41) is 0. The van der Waals surface area contributed by atoms with Crippen molar-refractivity contribution in [3.05, 3.63) is 132 Å². The SMILES string of the molecule is Cc1ccc(N(C)c2ccc(N(C)c3ccc(N(C)c4ccc(N(C)c5ccc(C)cc5)cc4)cc3)cc2)cc1. The maximum absolute atomic E-state index is 2.22. The lowest BCUT2D eigenvalue weighted by atomic mass is 10.1. The van der Waals surface area contributed by atoms with Crippen molar-refractivity contribution in [2.75, 3.05) is 47.8 Å². The first-order valence-electron chi connectivity index (χ1n) is 13.7. The van der Waals surface area contributed by atoms with Crippen molar-refractivity contribution >= 4 is 45.5 Å². The van der Waals surface area contributed by atoms with Crippen LogP contribution < -0.4 is 19.6 Å². The highest BCUT2D eigenvalue weighted by molar-refractivity contribution is 5.72. The van der Waals surface area contributed by atoms with Gasteiger partial charge in [-0.3, -0.25) is 0 Å². The van der Waals surface area contributed by atoms with Crippen molar-refractivity contribution in [2.24, 2.45) is 0 Å². The number of aryl methyl sites for hydroxylation is 2. The van der Waals surface area contributed by atoms with Crippen LogP contribution in [0.5, 0.6) is 0 Å². The van der Waals surface area contributed by atoms with E-state index in [1.54, 1.807) is 0 Å². The van der Waals surface area contributed by atoms with Gasteiger partial charge >= 0.3 is 0 Å². The quantitative estimate of drug-likeness (QED) is 0.200. The maximum Gasteiger partial charge on any atom is 0.0409 e. The predicted octanol–water partition coefficient (Wildman–Crippen LogP) is 9.38. The molecule has 0 N–H and O–H groups in total. The summed E-state index contributed by atoms with van der Waals surface area (Å²) in [6.07, 6.45) is 0. The molecule has 0 amide bonds. The molecule has 0 saturated heterocycles. The van der Waals surface area contributed by atoms with Crippen molar-refractivity contribution in [3.63, 3.8) is 0 Å². The van der Waals surface area contributed by atoms with Crippen LogP contribution in [-0.4, -0.2) is 28.2 Å². The molecule has 5 aromatic rings. The fourth-order valence-corrected chi connectivity index (χ4v) is 4.83. The molecule has 202 valence electrons. The minimum atomic E-state index is 1.15. The molecule has 4 nitrogen and oxygen atoms in total. The van der Waals surface area contributed by atoms with Gasteiger partial charge < -0.3 is 19.6 Å². The molecule has 0 aliphatic rings. The van der Waals surface area contributed by atoms with Crippen molar-refractivity contribution in [3.8, 4) is 0 Å². The Morgan fingerprint density at radius 3 is 0.525 bits per heavy atom. The highest BCUT2D eigenvalue weighted by atomic mass is 15.1. The Labute approximate surface area is 239 Å². The van der Waals surface area contributed by atoms with E-state index in [4.69, 9.17) is 0 Å². The lowest BCUT2D eigenvalue weighted by molar-refractivity contribution is 1.17. The van der Waals surface area contributed by atoms with Gasteiger partial charge in [0.15, 0.2) is 0 Å². The van der Waals surface area contributed by atoms with Gasteiger partial charge in [-0.2, -0.15) is 0 Å². The molecular weight excluding hydrogens is 488 g/mol. The summed E-state index contributed by atoms with van der Waals surface area (Å²) < 4.78 is 0. The van der Waals surface area contributed by atoms with Gasteiger partial charge in [0.2, 0.25) is 0 Å². The second-order valence-corrected chi connectivity index (χ2v) is 10.5. The molecule has 0 atom stereocenters. The van der Waals surface area contributed by atoms with E-state index in [0.717, 1.165) is 34.1 Å². The largest absolute Gasteiger partial charge is 0.345 e. The third-order valence-electron chi connectivity index (χ3n) is 7.72. The molecule has 0 heterocycles. The predicted molar refractivity (Wildman–Crippen MR) is 174 cm³/mol. The molecule has 5 rings (SSSR count). The second-order valence-electron chi connectivity index (χ2n) is 10.5. The van der Waals surface area contributed by atoms with Crippen LogP contribution in [0.25, 0.3) is 0 Å². The van der Waals surface area contributed by atoms with E-state index in [1.165, 1.54) is 22.5 Å². The molecule has 0 aliphatic carbocycles. The number of benzene rings is 5. The van der Waals surface area contributed by atoms with Crippen molar-refractivity contribution in [1.82, 2.24) is 0 Å². The van der Waals surface area contributed by atoms with Gasteiger partial charge in [-0.15, -0.1) is 0 Å². The van der Waals surface area contributed by atoms with Crippen LogP contribution >= 0.6 is 0 Å². The topological polar surface area (TPSA) is 13.0 Å². The van der Waals surface area contributed by atoms with Crippen LogP contribution in [0.1, 0.15) is 11.1 Å². The Morgan fingerprint density at radius 1 is 0.250 bits per heavy atom. The van der Waals surface area contributed by atoms with Crippen LogP contribution in [0.4, 0.5) is 45.5 Å². The minimum Gasteiger partial charge on any atom is -0.345 e. The Kier molecular flexibility index (Phi) is 7.79. The summed E-state index contributed by atoms with van der Waals surface area (Å²) in [7, 11) is 8.43. The Morgan fingerprint density at radius 2 is 0.375 bits per heavy atom. The summed E-state index contributed by atoms with van der Waals surface area (Å²) in [5.41, 5.74) is 11.8. The zero-order valence-corrected chi connectivity index (χ0v) is 24.3. The van der Waals surface area contributed by atoms with E-state index in [1.807, 2.05) is 0 Å². The smallest absolute Gasteiger partial charge is 0.0409 e. The first kappa shape index (κ1) is 26.9. The summed E-state index contributed by atoms with van der Waals surface area (Å²) in [4.78, 5) is 8.85. The number of anilines is 8.